The van der Waals surface area contributed by atoms with Crippen LogP contribution in [0, 0.1) is 0 Å². The minimum Gasteiger partial charge on any atom is -0.250 e. The van der Waals surface area contributed by atoms with E-state index in [1.165, 1.54) is 5.57 Å². The van der Waals surface area contributed by atoms with Crippen LogP contribution < -0.4 is 0 Å². The highest BCUT2D eigenvalue weighted by Gasteiger charge is 2.33. The summed E-state index contributed by atoms with van der Waals surface area (Å²) >= 11 is 1.61. The van der Waals surface area contributed by atoms with Gasteiger partial charge in [-0.05, 0) is 18.9 Å². The highest BCUT2D eigenvalue weighted by molar-refractivity contribution is 8.01. The normalized spacial score (nSPS) is 32.5. The summed E-state index contributed by atoms with van der Waals surface area (Å²) in [4.78, 5) is 3.93. The molecule has 0 saturated carbocycles. The molecule has 1 atom stereocenters. The summed E-state index contributed by atoms with van der Waals surface area (Å²) in [5, 5.41) is 8.57. The lowest BCUT2D eigenvalue weighted by atomic mass is 10.1. The molecule has 0 saturated heterocycles. The summed E-state index contributed by atoms with van der Waals surface area (Å²) in [6, 6.07) is 0. The lowest BCUT2D eigenvalue weighted by Gasteiger charge is -2.21. The quantitative estimate of drug-likeness (QED) is 0.382. The summed E-state index contributed by atoms with van der Waals surface area (Å²) < 4.78 is 0. The fourth-order valence-electron chi connectivity index (χ4n) is 1.13. The monoisotopic (exact) mass is 160 g/mol. The summed E-state index contributed by atoms with van der Waals surface area (Å²) in [6.45, 7) is 3.95. The Labute approximate surface area is 65.2 Å². The Bertz CT molecular complexity index is 156. The molecule has 1 rings (SSSR count). The van der Waals surface area contributed by atoms with Crippen molar-refractivity contribution in [3.8, 4) is 0 Å². The van der Waals surface area contributed by atoms with E-state index in [9.17, 15) is 0 Å². The van der Waals surface area contributed by atoms with Crippen molar-refractivity contribution in [2.24, 2.45) is 0 Å². The molecule has 0 aromatic rings. The summed E-state index contributed by atoms with van der Waals surface area (Å²) in [5.41, 5.74) is 1.18. The Hall–Kier alpha value is 0.01000. The molecule has 0 aliphatic carbocycles. The van der Waals surface area contributed by atoms with E-state index in [1.807, 2.05) is 6.92 Å². The minimum atomic E-state index is -0.464. The average molecular weight is 160 g/mol. The molecular formula is C7H12O2S. The molecule has 0 spiro atoms. The minimum absolute atomic E-state index is 0.464. The molecule has 1 N–H and O–H groups in total. The first-order chi connectivity index (χ1) is 4.73. The number of rotatable bonds is 2. The van der Waals surface area contributed by atoms with Gasteiger partial charge in [0.1, 0.15) is 0 Å². The standard InChI is InChI=1S/C7H12O2S/c1-3-6-4-5-10-7(6,2)9-8/h4,8H,3,5H2,1-2H3. The molecule has 1 aliphatic rings. The van der Waals surface area contributed by atoms with Crippen LogP contribution in [-0.2, 0) is 4.89 Å². The SMILES string of the molecule is CCC1=CCSC1(C)OO. The van der Waals surface area contributed by atoms with Gasteiger partial charge in [0.05, 0.1) is 0 Å². The van der Waals surface area contributed by atoms with Gasteiger partial charge < -0.3 is 0 Å². The molecule has 0 aromatic carbocycles. The van der Waals surface area contributed by atoms with Crippen LogP contribution in [-0.4, -0.2) is 15.9 Å². The molecule has 10 heavy (non-hydrogen) atoms. The van der Waals surface area contributed by atoms with E-state index >= 15 is 0 Å². The van der Waals surface area contributed by atoms with E-state index in [0.29, 0.717) is 0 Å². The van der Waals surface area contributed by atoms with E-state index in [-0.39, 0.29) is 0 Å². The Morgan fingerprint density at radius 3 is 3.00 bits per heavy atom. The fraction of sp³-hybridized carbons (Fsp3) is 0.714. The van der Waals surface area contributed by atoms with E-state index < -0.39 is 4.93 Å². The third kappa shape index (κ3) is 1.21. The number of hydrogen-bond acceptors (Lipinski definition) is 3. The van der Waals surface area contributed by atoms with Crippen LogP contribution in [0.4, 0.5) is 0 Å². The molecule has 58 valence electrons. The zero-order valence-corrected chi connectivity index (χ0v) is 7.07. The van der Waals surface area contributed by atoms with Crippen molar-refractivity contribution < 1.29 is 10.1 Å². The number of hydrogen-bond donors (Lipinski definition) is 1. The van der Waals surface area contributed by atoms with Crippen molar-refractivity contribution in [2.45, 2.75) is 25.2 Å². The fourth-order valence-corrected chi connectivity index (χ4v) is 2.20. The van der Waals surface area contributed by atoms with Crippen molar-refractivity contribution in [1.82, 2.24) is 0 Å². The molecule has 2 nitrogen and oxygen atoms in total. The van der Waals surface area contributed by atoms with E-state index in [0.717, 1.165) is 12.2 Å². The lowest BCUT2D eigenvalue weighted by molar-refractivity contribution is -0.276. The Balaban J connectivity index is 2.70. The van der Waals surface area contributed by atoms with Gasteiger partial charge in [0.25, 0.3) is 0 Å². The molecular weight excluding hydrogens is 148 g/mol. The Morgan fingerprint density at radius 2 is 2.60 bits per heavy atom. The van der Waals surface area contributed by atoms with E-state index in [1.54, 1.807) is 11.8 Å². The van der Waals surface area contributed by atoms with Gasteiger partial charge in [-0.15, -0.1) is 11.8 Å². The second-order valence-electron chi connectivity index (χ2n) is 2.43. The second kappa shape index (κ2) is 2.95. The van der Waals surface area contributed by atoms with Gasteiger partial charge >= 0.3 is 0 Å². The van der Waals surface area contributed by atoms with Crippen molar-refractivity contribution in [1.29, 1.82) is 0 Å². The van der Waals surface area contributed by atoms with Crippen LogP contribution in [0.5, 0.6) is 0 Å². The van der Waals surface area contributed by atoms with Crippen molar-refractivity contribution in [3.63, 3.8) is 0 Å². The van der Waals surface area contributed by atoms with Crippen LogP contribution in [0.1, 0.15) is 20.3 Å². The smallest absolute Gasteiger partial charge is 0.167 e. The highest BCUT2D eigenvalue weighted by Crippen LogP contribution is 2.40. The topological polar surface area (TPSA) is 29.5 Å². The second-order valence-corrected chi connectivity index (χ2v) is 3.83. The molecule has 3 heteroatoms. The van der Waals surface area contributed by atoms with Crippen LogP contribution in [0.15, 0.2) is 11.6 Å². The largest absolute Gasteiger partial charge is 0.250 e. The van der Waals surface area contributed by atoms with Gasteiger partial charge in [-0.2, -0.15) is 0 Å². The maximum atomic E-state index is 8.57. The Morgan fingerprint density at radius 1 is 1.90 bits per heavy atom. The zero-order valence-electron chi connectivity index (χ0n) is 6.26. The summed E-state index contributed by atoms with van der Waals surface area (Å²) in [6.07, 6.45) is 3.06. The van der Waals surface area contributed by atoms with Gasteiger partial charge in [-0.3, -0.25) is 5.26 Å². The zero-order chi connectivity index (χ0) is 7.61. The van der Waals surface area contributed by atoms with Gasteiger partial charge in [0.15, 0.2) is 4.93 Å². The molecule has 0 fully saturated rings. The third-order valence-corrected chi connectivity index (χ3v) is 3.05. The predicted octanol–water partition coefficient (Wildman–Crippen LogP) is 2.28. The lowest BCUT2D eigenvalue weighted by Crippen LogP contribution is -2.22. The predicted molar refractivity (Wildman–Crippen MR) is 43.0 cm³/mol. The number of thioether (sulfide) groups is 1. The van der Waals surface area contributed by atoms with Crippen LogP contribution >= 0.6 is 11.8 Å². The van der Waals surface area contributed by atoms with Crippen molar-refractivity contribution in [2.75, 3.05) is 5.75 Å². The maximum absolute atomic E-state index is 8.57. The molecule has 1 aliphatic heterocycles. The molecule has 1 unspecified atom stereocenters. The first-order valence-corrected chi connectivity index (χ1v) is 4.37. The van der Waals surface area contributed by atoms with Crippen LogP contribution in [0.2, 0.25) is 0 Å². The molecule has 0 radical (unpaired) electrons. The first-order valence-electron chi connectivity index (χ1n) is 3.39. The molecule has 0 amide bonds. The van der Waals surface area contributed by atoms with Crippen LogP contribution in [0.25, 0.3) is 0 Å². The summed E-state index contributed by atoms with van der Waals surface area (Å²) in [7, 11) is 0. The van der Waals surface area contributed by atoms with Gasteiger partial charge in [-0.25, -0.2) is 4.89 Å². The molecule has 0 aromatic heterocycles. The average Bonchev–Trinajstić information content (AvgIpc) is 2.32. The third-order valence-electron chi connectivity index (χ3n) is 1.83. The maximum Gasteiger partial charge on any atom is 0.167 e. The Kier molecular flexibility index (Phi) is 2.39. The van der Waals surface area contributed by atoms with Crippen LogP contribution in [0.3, 0.4) is 0 Å². The van der Waals surface area contributed by atoms with Gasteiger partial charge in [0, 0.05) is 5.75 Å². The molecule has 0 bridgehead atoms. The summed E-state index contributed by atoms with van der Waals surface area (Å²) in [5.74, 6) is 0.945. The van der Waals surface area contributed by atoms with E-state index in [2.05, 4.69) is 17.9 Å². The van der Waals surface area contributed by atoms with Gasteiger partial charge in [0.2, 0.25) is 0 Å². The highest BCUT2D eigenvalue weighted by atomic mass is 32.2. The van der Waals surface area contributed by atoms with Gasteiger partial charge in [-0.1, -0.05) is 13.0 Å². The van der Waals surface area contributed by atoms with E-state index in [4.69, 9.17) is 5.26 Å². The van der Waals surface area contributed by atoms with Crippen molar-refractivity contribution in [3.05, 3.63) is 11.6 Å². The molecule has 1 heterocycles. The first kappa shape index (κ1) is 8.11. The van der Waals surface area contributed by atoms with Crippen molar-refractivity contribution >= 4 is 11.8 Å².